The van der Waals surface area contributed by atoms with Gasteiger partial charge in [0, 0.05) is 31.6 Å². The van der Waals surface area contributed by atoms with E-state index in [1.807, 2.05) is 18.2 Å². The van der Waals surface area contributed by atoms with Crippen molar-refractivity contribution in [2.75, 3.05) is 13.1 Å². The molecule has 3 nitrogen and oxygen atoms in total. The minimum atomic E-state index is 0.304. The highest BCUT2D eigenvalue weighted by Gasteiger charge is 2.29. The highest BCUT2D eigenvalue weighted by molar-refractivity contribution is 5.77. The number of piperazine rings is 1. The van der Waals surface area contributed by atoms with Crippen molar-refractivity contribution in [3.63, 3.8) is 0 Å². The summed E-state index contributed by atoms with van der Waals surface area (Å²) in [6.07, 6.45) is 2.54. The van der Waals surface area contributed by atoms with Gasteiger partial charge in [-0.05, 0) is 31.2 Å². The highest BCUT2D eigenvalue weighted by atomic mass is 16.2. The topological polar surface area (TPSA) is 32.3 Å². The zero-order valence-corrected chi connectivity index (χ0v) is 13.5. The molecule has 1 aromatic carbocycles. The van der Waals surface area contributed by atoms with Crippen LogP contribution in [0, 0.1) is 5.92 Å². The van der Waals surface area contributed by atoms with Crippen LogP contribution in [-0.4, -0.2) is 36.0 Å². The Balaban J connectivity index is 1.93. The van der Waals surface area contributed by atoms with E-state index in [4.69, 9.17) is 0 Å². The number of carbonyl (C=O) groups is 1. The van der Waals surface area contributed by atoms with E-state index in [0.29, 0.717) is 30.3 Å². The third-order valence-corrected chi connectivity index (χ3v) is 4.15. The lowest BCUT2D eigenvalue weighted by atomic mass is 9.98. The molecule has 2 rings (SSSR count). The van der Waals surface area contributed by atoms with Gasteiger partial charge in [-0.25, -0.2) is 0 Å². The van der Waals surface area contributed by atoms with Crippen LogP contribution in [0.15, 0.2) is 30.3 Å². The van der Waals surface area contributed by atoms with Crippen LogP contribution in [0.4, 0.5) is 0 Å². The molecule has 1 aromatic rings. The lowest BCUT2D eigenvalue weighted by Crippen LogP contribution is -2.57. The molecule has 0 aromatic heterocycles. The van der Waals surface area contributed by atoms with E-state index in [0.717, 1.165) is 25.9 Å². The monoisotopic (exact) mass is 288 g/mol. The van der Waals surface area contributed by atoms with E-state index in [1.54, 1.807) is 0 Å². The van der Waals surface area contributed by atoms with E-state index < -0.39 is 0 Å². The first kappa shape index (κ1) is 16.0. The number of nitrogens with one attached hydrogen (secondary N) is 1. The molecule has 3 heteroatoms. The predicted octanol–water partition coefficient (Wildman–Crippen LogP) is 2.85. The molecule has 21 heavy (non-hydrogen) atoms. The summed E-state index contributed by atoms with van der Waals surface area (Å²) in [4.78, 5) is 14.7. The van der Waals surface area contributed by atoms with Crippen molar-refractivity contribution in [2.24, 2.45) is 5.92 Å². The number of carbonyl (C=O) groups excluding carboxylic acids is 1. The number of benzene rings is 1. The lowest BCUT2D eigenvalue weighted by molar-refractivity contribution is -0.135. The van der Waals surface area contributed by atoms with Crippen LogP contribution >= 0.6 is 0 Å². The Bertz CT molecular complexity index is 444. The molecular weight excluding hydrogens is 260 g/mol. The molecular formula is C18H28N2O. The summed E-state index contributed by atoms with van der Waals surface area (Å²) in [6, 6.07) is 11.0. The Hall–Kier alpha value is -1.35. The minimum Gasteiger partial charge on any atom is -0.337 e. The normalized spacial score (nSPS) is 22.6. The molecule has 1 aliphatic rings. The van der Waals surface area contributed by atoms with Gasteiger partial charge < -0.3 is 10.2 Å². The van der Waals surface area contributed by atoms with Crippen LogP contribution in [0.1, 0.15) is 39.2 Å². The largest absolute Gasteiger partial charge is 0.337 e. The van der Waals surface area contributed by atoms with Crippen LogP contribution < -0.4 is 5.32 Å². The fraction of sp³-hybridized carbons (Fsp3) is 0.611. The summed E-state index contributed by atoms with van der Waals surface area (Å²) >= 11 is 0. The average molecular weight is 288 g/mol. The first-order valence-corrected chi connectivity index (χ1v) is 8.13. The zero-order valence-electron chi connectivity index (χ0n) is 13.5. The minimum absolute atomic E-state index is 0.304. The molecule has 116 valence electrons. The lowest BCUT2D eigenvalue weighted by Gasteiger charge is -2.40. The summed E-state index contributed by atoms with van der Waals surface area (Å²) in [5.74, 6) is 0.924. The van der Waals surface area contributed by atoms with Gasteiger partial charge in [-0.1, -0.05) is 44.2 Å². The van der Waals surface area contributed by atoms with Gasteiger partial charge in [-0.15, -0.1) is 0 Å². The van der Waals surface area contributed by atoms with E-state index in [9.17, 15) is 4.79 Å². The Morgan fingerprint density at radius 2 is 2.05 bits per heavy atom. The molecule has 1 fully saturated rings. The third-order valence-electron chi connectivity index (χ3n) is 4.15. The maximum Gasteiger partial charge on any atom is 0.223 e. The molecule has 1 N–H and O–H groups in total. The summed E-state index contributed by atoms with van der Waals surface area (Å²) < 4.78 is 0. The van der Waals surface area contributed by atoms with Crippen molar-refractivity contribution < 1.29 is 4.79 Å². The quantitative estimate of drug-likeness (QED) is 0.903. The van der Waals surface area contributed by atoms with Crippen LogP contribution in [0.2, 0.25) is 0 Å². The maximum atomic E-state index is 12.6. The second-order valence-electron chi connectivity index (χ2n) is 6.62. The SMILES string of the molecule is CC(C)CC1CNC(C)CN1C(=O)CCc1ccccc1. The number of rotatable bonds is 5. The Kier molecular flexibility index (Phi) is 5.80. The Morgan fingerprint density at radius 3 is 2.71 bits per heavy atom. The molecule has 1 aliphatic heterocycles. The van der Waals surface area contributed by atoms with E-state index in [1.165, 1.54) is 5.56 Å². The summed E-state index contributed by atoms with van der Waals surface area (Å²) in [6.45, 7) is 8.37. The van der Waals surface area contributed by atoms with Crippen LogP contribution in [0.3, 0.4) is 0 Å². The van der Waals surface area contributed by atoms with Crippen molar-refractivity contribution >= 4 is 5.91 Å². The second kappa shape index (κ2) is 7.60. The highest BCUT2D eigenvalue weighted by Crippen LogP contribution is 2.17. The molecule has 0 radical (unpaired) electrons. The van der Waals surface area contributed by atoms with Gasteiger partial charge in [-0.2, -0.15) is 0 Å². The predicted molar refractivity (Wildman–Crippen MR) is 87.2 cm³/mol. The zero-order chi connectivity index (χ0) is 15.2. The summed E-state index contributed by atoms with van der Waals surface area (Å²) in [7, 11) is 0. The fourth-order valence-electron chi connectivity index (χ4n) is 3.06. The standard InChI is InChI=1S/C18H28N2O/c1-14(2)11-17-12-19-15(3)13-20(17)18(21)10-9-16-7-5-4-6-8-16/h4-8,14-15,17,19H,9-13H2,1-3H3. The molecule has 0 bridgehead atoms. The van der Waals surface area contributed by atoms with Gasteiger partial charge >= 0.3 is 0 Å². The Morgan fingerprint density at radius 1 is 1.33 bits per heavy atom. The van der Waals surface area contributed by atoms with Crippen molar-refractivity contribution in [1.29, 1.82) is 0 Å². The molecule has 0 spiro atoms. The van der Waals surface area contributed by atoms with E-state index in [2.05, 4.69) is 43.1 Å². The van der Waals surface area contributed by atoms with Gasteiger partial charge in [-0.3, -0.25) is 4.79 Å². The first-order valence-electron chi connectivity index (χ1n) is 8.13. The number of hydrogen-bond donors (Lipinski definition) is 1. The van der Waals surface area contributed by atoms with Crippen LogP contribution in [0.25, 0.3) is 0 Å². The Labute approximate surface area is 128 Å². The van der Waals surface area contributed by atoms with E-state index in [-0.39, 0.29) is 0 Å². The van der Waals surface area contributed by atoms with Gasteiger partial charge in [0.05, 0.1) is 0 Å². The molecule has 2 unspecified atom stereocenters. The molecule has 1 amide bonds. The first-order chi connectivity index (χ1) is 10.1. The van der Waals surface area contributed by atoms with E-state index >= 15 is 0 Å². The molecule has 1 heterocycles. The molecule has 1 saturated heterocycles. The fourth-order valence-corrected chi connectivity index (χ4v) is 3.06. The third kappa shape index (κ3) is 4.85. The van der Waals surface area contributed by atoms with Gasteiger partial charge in [0.25, 0.3) is 0 Å². The van der Waals surface area contributed by atoms with Crippen molar-refractivity contribution in [1.82, 2.24) is 10.2 Å². The molecule has 0 saturated carbocycles. The smallest absolute Gasteiger partial charge is 0.223 e. The number of amides is 1. The van der Waals surface area contributed by atoms with Gasteiger partial charge in [0.15, 0.2) is 0 Å². The maximum absolute atomic E-state index is 12.6. The molecule has 2 atom stereocenters. The number of hydrogen-bond acceptors (Lipinski definition) is 2. The van der Waals surface area contributed by atoms with Gasteiger partial charge in [0.2, 0.25) is 5.91 Å². The van der Waals surface area contributed by atoms with Crippen molar-refractivity contribution in [3.05, 3.63) is 35.9 Å². The van der Waals surface area contributed by atoms with Crippen LogP contribution in [-0.2, 0) is 11.2 Å². The average Bonchev–Trinajstić information content (AvgIpc) is 2.47. The summed E-state index contributed by atoms with van der Waals surface area (Å²) in [5.41, 5.74) is 1.24. The number of nitrogens with zero attached hydrogens (tertiary/aromatic N) is 1. The molecule has 0 aliphatic carbocycles. The van der Waals surface area contributed by atoms with Crippen molar-refractivity contribution in [2.45, 2.75) is 52.1 Å². The van der Waals surface area contributed by atoms with Gasteiger partial charge in [0.1, 0.15) is 0 Å². The summed E-state index contributed by atoms with van der Waals surface area (Å²) in [5, 5.41) is 3.50. The number of aryl methyl sites for hydroxylation is 1. The van der Waals surface area contributed by atoms with Crippen LogP contribution in [0.5, 0.6) is 0 Å². The second-order valence-corrected chi connectivity index (χ2v) is 6.62. The van der Waals surface area contributed by atoms with Crippen molar-refractivity contribution in [3.8, 4) is 0 Å².